The fourth-order valence-corrected chi connectivity index (χ4v) is 7.25. The van der Waals surface area contributed by atoms with Gasteiger partial charge in [-0.3, -0.25) is 14.4 Å². The highest BCUT2D eigenvalue weighted by molar-refractivity contribution is 6.31. The van der Waals surface area contributed by atoms with Crippen molar-refractivity contribution in [1.82, 2.24) is 15.1 Å². The van der Waals surface area contributed by atoms with E-state index in [0.29, 0.717) is 62.0 Å². The fourth-order valence-electron chi connectivity index (χ4n) is 7.02. The number of rotatable bonds is 15. The van der Waals surface area contributed by atoms with E-state index < -0.39 is 35.2 Å². The number of carboxylic acid groups (broad SMARTS) is 1. The molecule has 2 unspecified atom stereocenters. The van der Waals surface area contributed by atoms with Crippen LogP contribution in [0, 0.1) is 17.5 Å². The van der Waals surface area contributed by atoms with Crippen LogP contribution in [0.1, 0.15) is 61.6 Å². The summed E-state index contributed by atoms with van der Waals surface area (Å²) in [6.07, 6.45) is 4.28. The summed E-state index contributed by atoms with van der Waals surface area (Å²) in [4.78, 5) is 42.6. The Bertz CT molecular complexity index is 1800. The maximum absolute atomic E-state index is 14.7. The second kappa shape index (κ2) is 16.3. The van der Waals surface area contributed by atoms with Crippen molar-refractivity contribution in [1.29, 1.82) is 0 Å². The Labute approximate surface area is 300 Å². The number of aliphatic carboxylic acids is 1. The molecule has 270 valence electrons. The number of hydrogen-bond acceptors (Lipinski definition) is 5. The third-order valence-electron chi connectivity index (χ3n) is 9.76. The van der Waals surface area contributed by atoms with E-state index in [9.17, 15) is 27.6 Å². The molecule has 51 heavy (non-hydrogen) atoms. The number of carboxylic acids is 1. The molecule has 3 aromatic carbocycles. The Morgan fingerprint density at radius 3 is 2.39 bits per heavy atom. The molecule has 6 rings (SSSR count). The summed E-state index contributed by atoms with van der Waals surface area (Å²) in [5.74, 6) is -5.32. The maximum atomic E-state index is 14.7. The number of benzene rings is 3. The summed E-state index contributed by atoms with van der Waals surface area (Å²) in [5, 5.41) is 13.3. The average Bonchev–Trinajstić information content (AvgIpc) is 3.95. The van der Waals surface area contributed by atoms with Crippen molar-refractivity contribution in [3.05, 3.63) is 105 Å². The Morgan fingerprint density at radius 1 is 0.922 bits per heavy atom. The van der Waals surface area contributed by atoms with Crippen molar-refractivity contribution in [2.75, 3.05) is 26.2 Å². The lowest BCUT2D eigenvalue weighted by Gasteiger charge is -2.45. The lowest BCUT2D eigenvalue weighted by atomic mass is 9.82. The first-order valence-electron chi connectivity index (χ1n) is 17.5. The van der Waals surface area contributed by atoms with Crippen LogP contribution in [0.5, 0.6) is 5.75 Å². The number of aryl methyl sites for hydroxylation is 1. The largest absolute Gasteiger partial charge is 0.488 e. The zero-order chi connectivity index (χ0) is 36.1. The van der Waals surface area contributed by atoms with Gasteiger partial charge in [-0.2, -0.15) is 4.39 Å². The number of carbonyl (C=O) groups is 3. The van der Waals surface area contributed by atoms with Crippen molar-refractivity contribution in [3.63, 3.8) is 0 Å². The maximum Gasteiger partial charge on any atom is 0.303 e. The van der Waals surface area contributed by atoms with Crippen LogP contribution in [-0.2, 0) is 27.2 Å². The van der Waals surface area contributed by atoms with Crippen LogP contribution in [-0.4, -0.2) is 77.1 Å². The number of hydrogen-bond donors (Lipinski definition) is 2. The van der Waals surface area contributed by atoms with Gasteiger partial charge < -0.3 is 25.0 Å². The van der Waals surface area contributed by atoms with Gasteiger partial charge in [0, 0.05) is 55.2 Å². The van der Waals surface area contributed by atoms with E-state index in [1.807, 2.05) is 53.4 Å². The smallest absolute Gasteiger partial charge is 0.303 e. The molecule has 2 amide bonds. The van der Waals surface area contributed by atoms with E-state index in [1.54, 1.807) is 4.90 Å². The van der Waals surface area contributed by atoms with Crippen LogP contribution in [0.4, 0.5) is 13.2 Å². The van der Waals surface area contributed by atoms with E-state index in [2.05, 4.69) is 5.32 Å². The molecular formula is C39H41ClF3N3O5. The average molecular weight is 724 g/mol. The number of ether oxygens (including phenoxy) is 1. The van der Waals surface area contributed by atoms with Gasteiger partial charge in [-0.05, 0) is 85.4 Å². The molecular weight excluding hydrogens is 683 g/mol. The second-order valence-corrected chi connectivity index (χ2v) is 13.9. The number of amides is 2. The Morgan fingerprint density at radius 2 is 1.67 bits per heavy atom. The van der Waals surface area contributed by atoms with Crippen LogP contribution < -0.4 is 10.1 Å². The van der Waals surface area contributed by atoms with E-state index in [4.69, 9.17) is 21.4 Å². The van der Waals surface area contributed by atoms with Crippen molar-refractivity contribution in [2.45, 2.75) is 75.9 Å². The third-order valence-corrected chi connectivity index (χ3v) is 10.1. The lowest BCUT2D eigenvalue weighted by Crippen LogP contribution is -2.62. The van der Waals surface area contributed by atoms with E-state index in [0.717, 1.165) is 41.2 Å². The molecule has 12 heteroatoms. The molecule has 3 aliphatic rings. The molecule has 2 bridgehead atoms. The van der Waals surface area contributed by atoms with Gasteiger partial charge >= 0.3 is 5.97 Å². The van der Waals surface area contributed by atoms with Crippen LogP contribution in [0.15, 0.2) is 66.2 Å². The molecule has 0 radical (unpaired) electrons. The van der Waals surface area contributed by atoms with E-state index in [-0.39, 0.29) is 49.8 Å². The van der Waals surface area contributed by atoms with Crippen molar-refractivity contribution < 1.29 is 37.4 Å². The van der Waals surface area contributed by atoms with Gasteiger partial charge in [0.25, 0.3) is 5.91 Å². The van der Waals surface area contributed by atoms with Crippen LogP contribution in [0.3, 0.4) is 0 Å². The summed E-state index contributed by atoms with van der Waals surface area (Å²) in [7, 11) is 0. The van der Waals surface area contributed by atoms with Gasteiger partial charge in [0.15, 0.2) is 17.4 Å². The first-order valence-corrected chi connectivity index (χ1v) is 17.9. The molecule has 2 atom stereocenters. The Hall–Kier alpha value is -4.35. The Balaban J connectivity index is 1.21. The van der Waals surface area contributed by atoms with Crippen molar-refractivity contribution >= 4 is 35.0 Å². The standard InChI is InChI=1S/C39H41ClF3N3O5/c40-30-7-2-1-6-26(30)18-19-46(28-14-15-28)39(50)36-29(21-27-22-45(23-33(36)44-27)34(47)8-3-9-35(48)49)25-12-10-24(11-13-25)5-4-20-51-38-32(42)17-16-31(41)37(38)43/h1-2,6-7,10-13,16-17,27-28,33,44H,3-5,8-9,14-15,18-23H2,(H,48,49). The Kier molecular flexibility index (Phi) is 11.7. The minimum Gasteiger partial charge on any atom is -0.488 e. The van der Waals surface area contributed by atoms with Gasteiger partial charge in [0.2, 0.25) is 11.7 Å². The normalized spacial score (nSPS) is 18.5. The number of nitrogens with zero attached hydrogens (tertiary/aromatic N) is 2. The number of piperazine rings is 1. The molecule has 1 saturated carbocycles. The van der Waals surface area contributed by atoms with Crippen molar-refractivity contribution in [3.8, 4) is 5.75 Å². The van der Waals surface area contributed by atoms with Crippen LogP contribution in [0.25, 0.3) is 5.57 Å². The first-order chi connectivity index (χ1) is 24.6. The van der Waals surface area contributed by atoms with E-state index in [1.165, 1.54) is 0 Å². The SMILES string of the molecule is O=C(O)CCCC(=O)N1CC2CC(c3ccc(CCCOc4c(F)ccc(F)c4F)cc3)=C(C(=O)N(CCc3ccccc3Cl)C3CC3)C(C1)N2. The molecule has 2 heterocycles. The minimum atomic E-state index is -1.35. The molecule has 2 fully saturated rings. The summed E-state index contributed by atoms with van der Waals surface area (Å²) in [6, 6.07) is 16.7. The molecule has 2 N–H and O–H groups in total. The third kappa shape index (κ3) is 8.94. The highest BCUT2D eigenvalue weighted by Gasteiger charge is 2.43. The van der Waals surface area contributed by atoms with Gasteiger partial charge in [-0.25, -0.2) is 8.78 Å². The second-order valence-electron chi connectivity index (χ2n) is 13.5. The number of nitrogens with one attached hydrogen (secondary N) is 1. The quantitative estimate of drug-likeness (QED) is 0.136. The molecule has 3 aromatic rings. The van der Waals surface area contributed by atoms with Gasteiger partial charge in [-0.15, -0.1) is 0 Å². The summed E-state index contributed by atoms with van der Waals surface area (Å²) in [5.41, 5.74) is 4.41. The molecule has 0 spiro atoms. The number of carbonyl (C=O) groups excluding carboxylic acids is 2. The minimum absolute atomic E-state index is 0.00536. The van der Waals surface area contributed by atoms with Gasteiger partial charge in [0.05, 0.1) is 12.6 Å². The summed E-state index contributed by atoms with van der Waals surface area (Å²) < 4.78 is 46.6. The van der Waals surface area contributed by atoms with E-state index >= 15 is 0 Å². The van der Waals surface area contributed by atoms with Gasteiger partial charge in [0.1, 0.15) is 0 Å². The number of fused-ring (bicyclic) bond motifs is 2. The molecule has 1 saturated heterocycles. The molecule has 8 nitrogen and oxygen atoms in total. The van der Waals surface area contributed by atoms with Crippen LogP contribution in [0.2, 0.25) is 5.02 Å². The monoisotopic (exact) mass is 723 g/mol. The fraction of sp³-hybridized carbons (Fsp3) is 0.410. The number of halogens is 4. The zero-order valence-electron chi connectivity index (χ0n) is 28.2. The molecule has 2 aliphatic heterocycles. The molecule has 0 aromatic heterocycles. The predicted molar refractivity (Wildman–Crippen MR) is 187 cm³/mol. The summed E-state index contributed by atoms with van der Waals surface area (Å²) >= 11 is 6.46. The van der Waals surface area contributed by atoms with Crippen molar-refractivity contribution in [2.24, 2.45) is 0 Å². The first kappa shape index (κ1) is 36.4. The molecule has 1 aliphatic carbocycles. The predicted octanol–water partition coefficient (Wildman–Crippen LogP) is 6.58. The summed E-state index contributed by atoms with van der Waals surface area (Å²) in [6.45, 7) is 1.26. The van der Waals surface area contributed by atoms with Crippen LogP contribution >= 0.6 is 11.6 Å². The topological polar surface area (TPSA) is 99.2 Å². The zero-order valence-corrected chi connectivity index (χ0v) is 28.9. The highest BCUT2D eigenvalue weighted by atomic mass is 35.5. The lowest BCUT2D eigenvalue weighted by molar-refractivity contribution is -0.138. The highest BCUT2D eigenvalue weighted by Crippen LogP contribution is 2.37. The van der Waals surface area contributed by atoms with Gasteiger partial charge in [-0.1, -0.05) is 54.1 Å².